The fourth-order valence-electron chi connectivity index (χ4n) is 2.97. The smallest absolute Gasteiger partial charge is 0.0639 e. The molecule has 5 heteroatoms. The summed E-state index contributed by atoms with van der Waals surface area (Å²) < 4.78 is 0. The molecule has 0 radical (unpaired) electrons. The molecule has 0 aromatic heterocycles. The minimum atomic E-state index is -0.191. The van der Waals surface area contributed by atoms with Gasteiger partial charge in [-0.15, -0.1) is 12.4 Å². The zero-order valence-corrected chi connectivity index (χ0v) is 12.3. The number of nitrogens with zero attached hydrogens (tertiary/aromatic N) is 2. The summed E-state index contributed by atoms with van der Waals surface area (Å²) in [5.41, 5.74) is 0. The first-order chi connectivity index (χ1) is 8.24. The van der Waals surface area contributed by atoms with Crippen LogP contribution in [-0.2, 0) is 0 Å². The number of nitrogens with one attached hydrogen (secondary N) is 1. The van der Waals surface area contributed by atoms with Crippen molar-refractivity contribution >= 4 is 12.4 Å². The van der Waals surface area contributed by atoms with E-state index in [2.05, 4.69) is 15.1 Å². The predicted molar refractivity (Wildman–Crippen MR) is 77.4 cm³/mol. The van der Waals surface area contributed by atoms with Crippen LogP contribution in [0, 0.1) is 5.92 Å². The maximum absolute atomic E-state index is 9.37. The number of aliphatic hydroxyl groups is 1. The third kappa shape index (κ3) is 5.41. The molecule has 2 aliphatic rings. The molecule has 2 N–H and O–H groups in total. The number of hydrogen-bond donors (Lipinski definition) is 2. The molecule has 2 saturated heterocycles. The fourth-order valence-corrected chi connectivity index (χ4v) is 2.97. The molecule has 0 aromatic rings. The zero-order chi connectivity index (χ0) is 12.1. The Hall–Kier alpha value is 0.130. The van der Waals surface area contributed by atoms with Gasteiger partial charge in [0.2, 0.25) is 0 Å². The Morgan fingerprint density at radius 3 is 2.44 bits per heavy atom. The zero-order valence-electron chi connectivity index (χ0n) is 11.5. The van der Waals surface area contributed by atoms with E-state index in [1.54, 1.807) is 0 Å². The first-order valence-corrected chi connectivity index (χ1v) is 7.07. The van der Waals surface area contributed by atoms with Crippen LogP contribution in [0.5, 0.6) is 0 Å². The lowest BCUT2D eigenvalue weighted by Gasteiger charge is -2.37. The molecule has 2 atom stereocenters. The number of halogens is 1. The van der Waals surface area contributed by atoms with Crippen LogP contribution < -0.4 is 5.32 Å². The summed E-state index contributed by atoms with van der Waals surface area (Å²) in [4.78, 5) is 4.97. The lowest BCUT2D eigenvalue weighted by molar-refractivity contribution is 0.0723. The van der Waals surface area contributed by atoms with Crippen LogP contribution >= 0.6 is 12.4 Å². The summed E-state index contributed by atoms with van der Waals surface area (Å²) in [5, 5.41) is 12.9. The summed E-state index contributed by atoms with van der Waals surface area (Å²) in [5.74, 6) is 0.854. The Labute approximate surface area is 117 Å². The molecule has 4 nitrogen and oxygen atoms in total. The van der Waals surface area contributed by atoms with Crippen LogP contribution in [0.4, 0.5) is 0 Å². The van der Waals surface area contributed by atoms with Gasteiger partial charge in [-0.25, -0.2) is 0 Å². The highest BCUT2D eigenvalue weighted by Gasteiger charge is 2.21. The molecule has 0 bridgehead atoms. The van der Waals surface area contributed by atoms with E-state index in [0.717, 1.165) is 25.6 Å². The van der Waals surface area contributed by atoms with Crippen molar-refractivity contribution in [1.29, 1.82) is 0 Å². The summed E-state index contributed by atoms with van der Waals surface area (Å²) >= 11 is 0. The van der Waals surface area contributed by atoms with Gasteiger partial charge in [0.15, 0.2) is 0 Å². The van der Waals surface area contributed by atoms with Gasteiger partial charge in [-0.3, -0.25) is 4.90 Å². The quantitative estimate of drug-likeness (QED) is 0.781. The molecule has 1 unspecified atom stereocenters. The van der Waals surface area contributed by atoms with Crippen molar-refractivity contribution < 1.29 is 5.11 Å². The highest BCUT2D eigenvalue weighted by Crippen LogP contribution is 2.13. The number of β-amino-alcohol motifs (C(OH)–C–C–N with tert-alkyl or cyclic N) is 1. The molecular weight excluding hydrogens is 250 g/mol. The van der Waals surface area contributed by atoms with Crippen LogP contribution in [0.15, 0.2) is 0 Å². The van der Waals surface area contributed by atoms with Crippen molar-refractivity contribution in [3.8, 4) is 0 Å². The topological polar surface area (TPSA) is 38.7 Å². The first-order valence-electron chi connectivity index (χ1n) is 7.07. The Balaban J connectivity index is 0.00000162. The summed E-state index contributed by atoms with van der Waals surface area (Å²) in [6, 6.07) is 0. The average molecular weight is 278 g/mol. The molecule has 2 rings (SSSR count). The van der Waals surface area contributed by atoms with Gasteiger partial charge in [0, 0.05) is 39.3 Å². The van der Waals surface area contributed by atoms with Gasteiger partial charge in [-0.1, -0.05) is 0 Å². The largest absolute Gasteiger partial charge is 0.392 e. The number of rotatable bonds is 4. The molecule has 2 aliphatic heterocycles. The van der Waals surface area contributed by atoms with Crippen molar-refractivity contribution in [2.45, 2.75) is 25.9 Å². The van der Waals surface area contributed by atoms with Gasteiger partial charge in [0.1, 0.15) is 0 Å². The standard InChI is InChI=1S/C13H27N3O.ClH/c1-12(17)10-15-5-7-16(8-6-15)11-13-3-2-4-14-9-13;/h12-14,17H,2-11H2,1H3;1H/t12-,13?;/m1./s1. The van der Waals surface area contributed by atoms with Crippen molar-refractivity contribution in [3.63, 3.8) is 0 Å². The van der Waals surface area contributed by atoms with E-state index in [9.17, 15) is 5.11 Å². The third-order valence-corrected chi connectivity index (χ3v) is 3.90. The average Bonchev–Trinajstić information content (AvgIpc) is 2.32. The SMILES string of the molecule is C[C@@H](O)CN1CCN(CC2CCCNC2)CC1.Cl. The normalized spacial score (nSPS) is 28.7. The summed E-state index contributed by atoms with van der Waals surface area (Å²) in [6.45, 7) is 10.9. The van der Waals surface area contributed by atoms with Crippen molar-refractivity contribution in [1.82, 2.24) is 15.1 Å². The lowest BCUT2D eigenvalue weighted by atomic mass is 9.99. The minimum absolute atomic E-state index is 0. The van der Waals surface area contributed by atoms with Gasteiger partial charge >= 0.3 is 0 Å². The minimum Gasteiger partial charge on any atom is -0.392 e. The van der Waals surface area contributed by atoms with E-state index in [-0.39, 0.29) is 18.5 Å². The van der Waals surface area contributed by atoms with Gasteiger partial charge < -0.3 is 15.3 Å². The highest BCUT2D eigenvalue weighted by atomic mass is 35.5. The molecule has 0 spiro atoms. The number of hydrogen-bond acceptors (Lipinski definition) is 4. The summed E-state index contributed by atoms with van der Waals surface area (Å²) in [7, 11) is 0. The second-order valence-corrected chi connectivity index (χ2v) is 5.66. The molecule has 18 heavy (non-hydrogen) atoms. The van der Waals surface area contributed by atoms with E-state index in [0.29, 0.717) is 0 Å². The van der Waals surface area contributed by atoms with Crippen molar-refractivity contribution in [2.24, 2.45) is 5.92 Å². The van der Waals surface area contributed by atoms with E-state index >= 15 is 0 Å². The predicted octanol–water partition coefficient (Wildman–Crippen LogP) is 0.406. The van der Waals surface area contributed by atoms with Crippen molar-refractivity contribution in [2.75, 3.05) is 52.4 Å². The Bertz CT molecular complexity index is 214. The molecule has 2 heterocycles. The number of piperazine rings is 1. The molecule has 108 valence electrons. The van der Waals surface area contributed by atoms with Crippen LogP contribution in [-0.4, -0.2) is 73.4 Å². The second-order valence-electron chi connectivity index (χ2n) is 5.66. The maximum atomic E-state index is 9.37. The molecule has 0 aliphatic carbocycles. The van der Waals surface area contributed by atoms with Crippen LogP contribution in [0.3, 0.4) is 0 Å². The van der Waals surface area contributed by atoms with E-state index in [1.807, 2.05) is 6.92 Å². The molecule has 2 fully saturated rings. The van der Waals surface area contributed by atoms with Crippen LogP contribution in [0.1, 0.15) is 19.8 Å². The van der Waals surface area contributed by atoms with Gasteiger partial charge in [-0.2, -0.15) is 0 Å². The van der Waals surface area contributed by atoms with Gasteiger partial charge in [-0.05, 0) is 38.8 Å². The number of piperidine rings is 1. The lowest BCUT2D eigenvalue weighted by Crippen LogP contribution is -2.50. The fraction of sp³-hybridized carbons (Fsp3) is 1.00. The van der Waals surface area contributed by atoms with Gasteiger partial charge in [0.05, 0.1) is 6.10 Å². The molecule has 0 aromatic carbocycles. The Morgan fingerprint density at radius 2 is 1.89 bits per heavy atom. The first kappa shape index (κ1) is 16.2. The monoisotopic (exact) mass is 277 g/mol. The van der Waals surface area contributed by atoms with E-state index in [4.69, 9.17) is 0 Å². The van der Waals surface area contributed by atoms with Gasteiger partial charge in [0.25, 0.3) is 0 Å². The van der Waals surface area contributed by atoms with Crippen LogP contribution in [0.2, 0.25) is 0 Å². The summed E-state index contributed by atoms with van der Waals surface area (Å²) in [6.07, 6.45) is 2.54. The number of aliphatic hydroxyl groups excluding tert-OH is 1. The van der Waals surface area contributed by atoms with Crippen LogP contribution in [0.25, 0.3) is 0 Å². The highest BCUT2D eigenvalue weighted by molar-refractivity contribution is 5.85. The van der Waals surface area contributed by atoms with E-state index in [1.165, 1.54) is 45.6 Å². The second kappa shape index (κ2) is 8.33. The molecular formula is C13H28ClN3O. The van der Waals surface area contributed by atoms with Crippen molar-refractivity contribution in [3.05, 3.63) is 0 Å². The Kier molecular flexibility index (Phi) is 7.49. The van der Waals surface area contributed by atoms with E-state index < -0.39 is 0 Å². The third-order valence-electron chi connectivity index (χ3n) is 3.90. The Morgan fingerprint density at radius 1 is 1.22 bits per heavy atom. The molecule has 0 saturated carbocycles. The molecule has 0 amide bonds. The maximum Gasteiger partial charge on any atom is 0.0639 e.